The van der Waals surface area contributed by atoms with Crippen LogP contribution in [0.3, 0.4) is 0 Å². The minimum atomic E-state index is -0.943. The Kier molecular flexibility index (Phi) is 4.38. The Balaban J connectivity index is 2.18. The average molecular weight is 286 g/mol. The van der Waals surface area contributed by atoms with Crippen LogP contribution in [0.2, 0.25) is 0 Å². The van der Waals surface area contributed by atoms with Gasteiger partial charge in [-0.1, -0.05) is 11.8 Å². The average Bonchev–Trinajstić information content (AvgIpc) is 2.80. The highest BCUT2D eigenvalue weighted by Crippen LogP contribution is 2.26. The molecule has 2 rings (SSSR count). The van der Waals surface area contributed by atoms with Crippen molar-refractivity contribution >= 4 is 23.6 Å². The molecule has 1 amide bonds. The van der Waals surface area contributed by atoms with Gasteiger partial charge in [-0.2, -0.15) is 0 Å². The number of piperidine rings is 1. The van der Waals surface area contributed by atoms with Crippen molar-refractivity contribution in [3.05, 3.63) is 5.82 Å². The van der Waals surface area contributed by atoms with Gasteiger partial charge in [0.05, 0.1) is 11.8 Å². The third kappa shape index (κ3) is 3.24. The molecule has 1 aromatic rings. The first-order valence-electron chi connectivity index (χ1n) is 5.77. The first-order valence-corrected chi connectivity index (χ1v) is 6.76. The van der Waals surface area contributed by atoms with E-state index >= 15 is 0 Å². The van der Waals surface area contributed by atoms with Crippen LogP contribution in [-0.4, -0.2) is 49.2 Å². The van der Waals surface area contributed by atoms with Crippen molar-refractivity contribution in [1.82, 2.24) is 20.1 Å². The fourth-order valence-corrected chi connectivity index (χ4v) is 2.69. The maximum atomic E-state index is 11.1. The maximum absolute atomic E-state index is 11.1. The van der Waals surface area contributed by atoms with Gasteiger partial charge in [0.15, 0.2) is 11.0 Å². The molecule has 19 heavy (non-hydrogen) atoms. The lowest BCUT2D eigenvalue weighted by Crippen LogP contribution is -2.36. The smallest absolute Gasteiger partial charge is 0.313 e. The zero-order valence-electron chi connectivity index (χ0n) is 10.1. The molecule has 0 radical (unpaired) electrons. The molecule has 0 aromatic carbocycles. The van der Waals surface area contributed by atoms with Crippen LogP contribution in [0.4, 0.5) is 0 Å². The van der Waals surface area contributed by atoms with E-state index in [4.69, 9.17) is 5.11 Å². The predicted octanol–water partition coefficient (Wildman–Crippen LogP) is -0.602. The fourth-order valence-electron chi connectivity index (χ4n) is 1.95. The second kappa shape index (κ2) is 6.02. The van der Waals surface area contributed by atoms with Gasteiger partial charge in [-0.3, -0.25) is 14.2 Å². The minimum Gasteiger partial charge on any atom is -0.481 e. The third-order valence-electron chi connectivity index (χ3n) is 2.81. The number of carboxylic acid groups (broad SMARTS) is 1. The standard InChI is InChI=1S/C10H14N4O4S/c15-4-7-12-13-10(19-5-9(17)18)14(7)6-1-2-8(16)11-3-6/h6,15H,1-5H2,(H,11,16)(H,17,18). The van der Waals surface area contributed by atoms with E-state index in [0.29, 0.717) is 30.4 Å². The van der Waals surface area contributed by atoms with Gasteiger partial charge in [0.2, 0.25) is 5.91 Å². The van der Waals surface area contributed by atoms with Crippen LogP contribution in [0, 0.1) is 0 Å². The molecule has 1 aromatic heterocycles. The number of amides is 1. The number of hydrogen-bond acceptors (Lipinski definition) is 6. The van der Waals surface area contributed by atoms with Gasteiger partial charge in [-0.25, -0.2) is 0 Å². The highest BCUT2D eigenvalue weighted by atomic mass is 32.2. The highest BCUT2D eigenvalue weighted by molar-refractivity contribution is 7.99. The lowest BCUT2D eigenvalue weighted by atomic mass is 10.1. The summed E-state index contributed by atoms with van der Waals surface area (Å²) >= 11 is 1.05. The molecule has 0 aliphatic carbocycles. The number of aliphatic hydroxyl groups is 1. The Morgan fingerprint density at radius 2 is 2.32 bits per heavy atom. The van der Waals surface area contributed by atoms with Crippen LogP contribution in [0.25, 0.3) is 0 Å². The van der Waals surface area contributed by atoms with Crippen molar-refractivity contribution in [1.29, 1.82) is 0 Å². The lowest BCUT2D eigenvalue weighted by molar-refractivity contribution is -0.134. The zero-order valence-corrected chi connectivity index (χ0v) is 10.9. The number of carbonyl (C=O) groups is 2. The van der Waals surface area contributed by atoms with E-state index in [-0.39, 0.29) is 24.3 Å². The molecular formula is C10H14N4O4S. The quantitative estimate of drug-likeness (QED) is 0.618. The summed E-state index contributed by atoms with van der Waals surface area (Å²) in [6.07, 6.45) is 1.02. The third-order valence-corrected chi connectivity index (χ3v) is 3.73. The Morgan fingerprint density at radius 1 is 1.53 bits per heavy atom. The minimum absolute atomic E-state index is 0.00499. The molecule has 1 atom stereocenters. The Hall–Kier alpha value is -1.61. The van der Waals surface area contributed by atoms with Gasteiger partial charge in [0.1, 0.15) is 6.61 Å². The number of thioether (sulfide) groups is 1. The topological polar surface area (TPSA) is 117 Å². The van der Waals surface area contributed by atoms with Crippen molar-refractivity contribution in [2.24, 2.45) is 0 Å². The van der Waals surface area contributed by atoms with E-state index in [9.17, 15) is 14.7 Å². The summed E-state index contributed by atoms with van der Waals surface area (Å²) in [6.45, 7) is 0.162. The monoisotopic (exact) mass is 286 g/mol. The van der Waals surface area contributed by atoms with Crippen LogP contribution in [-0.2, 0) is 16.2 Å². The van der Waals surface area contributed by atoms with Crippen LogP contribution < -0.4 is 5.32 Å². The van der Waals surface area contributed by atoms with E-state index in [1.54, 1.807) is 4.57 Å². The maximum Gasteiger partial charge on any atom is 0.313 e. The normalized spacial score (nSPS) is 19.2. The Morgan fingerprint density at radius 3 is 2.89 bits per heavy atom. The Bertz CT molecular complexity index is 480. The molecule has 1 aliphatic heterocycles. The first-order chi connectivity index (χ1) is 9.11. The van der Waals surface area contributed by atoms with Crippen LogP contribution >= 0.6 is 11.8 Å². The second-order valence-corrected chi connectivity index (χ2v) is 5.05. The number of aliphatic carboxylic acids is 1. The van der Waals surface area contributed by atoms with E-state index in [0.717, 1.165) is 11.8 Å². The van der Waals surface area contributed by atoms with Crippen LogP contribution in [0.1, 0.15) is 24.7 Å². The van der Waals surface area contributed by atoms with Gasteiger partial charge < -0.3 is 15.5 Å². The number of carboxylic acids is 1. The highest BCUT2D eigenvalue weighted by Gasteiger charge is 2.25. The first kappa shape index (κ1) is 13.8. The van der Waals surface area contributed by atoms with Gasteiger partial charge in [0.25, 0.3) is 0 Å². The summed E-state index contributed by atoms with van der Waals surface area (Å²) in [5, 5.41) is 28.9. The van der Waals surface area contributed by atoms with Crippen LogP contribution in [0.15, 0.2) is 5.16 Å². The number of aromatic nitrogens is 3. The summed E-state index contributed by atoms with van der Waals surface area (Å²) in [5.41, 5.74) is 0. The number of nitrogens with zero attached hydrogens (tertiary/aromatic N) is 3. The van der Waals surface area contributed by atoms with Crippen LogP contribution in [0.5, 0.6) is 0 Å². The summed E-state index contributed by atoms with van der Waals surface area (Å²) in [6, 6.07) is -0.0499. The largest absolute Gasteiger partial charge is 0.481 e. The molecule has 0 spiro atoms. The fraction of sp³-hybridized carbons (Fsp3) is 0.600. The van der Waals surface area contributed by atoms with Crippen molar-refractivity contribution in [3.63, 3.8) is 0 Å². The van der Waals surface area contributed by atoms with Gasteiger partial charge in [-0.05, 0) is 6.42 Å². The summed E-state index contributed by atoms with van der Waals surface area (Å²) in [4.78, 5) is 21.7. The van der Waals surface area contributed by atoms with Crippen molar-refractivity contribution in [3.8, 4) is 0 Å². The molecule has 1 aliphatic rings. The van der Waals surface area contributed by atoms with Gasteiger partial charge >= 0.3 is 5.97 Å². The molecule has 8 nitrogen and oxygen atoms in total. The van der Waals surface area contributed by atoms with Gasteiger partial charge in [-0.15, -0.1) is 10.2 Å². The molecular weight excluding hydrogens is 272 g/mol. The van der Waals surface area contributed by atoms with E-state index in [2.05, 4.69) is 15.5 Å². The van der Waals surface area contributed by atoms with E-state index < -0.39 is 5.97 Å². The molecule has 1 unspecified atom stereocenters. The zero-order chi connectivity index (χ0) is 13.8. The molecule has 104 valence electrons. The van der Waals surface area contributed by atoms with Gasteiger partial charge in [0, 0.05) is 13.0 Å². The number of aliphatic hydroxyl groups excluding tert-OH is 1. The van der Waals surface area contributed by atoms with E-state index in [1.165, 1.54) is 0 Å². The molecule has 2 heterocycles. The molecule has 1 saturated heterocycles. The predicted molar refractivity (Wildman–Crippen MR) is 65.6 cm³/mol. The summed E-state index contributed by atoms with van der Waals surface area (Å²) in [7, 11) is 0. The number of hydrogen-bond donors (Lipinski definition) is 3. The molecule has 0 saturated carbocycles. The molecule has 3 N–H and O–H groups in total. The van der Waals surface area contributed by atoms with E-state index in [1.807, 2.05) is 0 Å². The SMILES string of the molecule is O=C(O)CSc1nnc(CO)n1C1CCC(=O)NC1. The summed E-state index contributed by atoms with van der Waals surface area (Å²) in [5.74, 6) is -0.687. The molecule has 0 bridgehead atoms. The molecule has 1 fully saturated rings. The summed E-state index contributed by atoms with van der Waals surface area (Å²) < 4.78 is 1.72. The molecule has 9 heteroatoms. The van der Waals surface area contributed by atoms with Crippen molar-refractivity contribution in [2.75, 3.05) is 12.3 Å². The number of nitrogens with one attached hydrogen (secondary N) is 1. The number of carbonyl (C=O) groups excluding carboxylic acids is 1. The van der Waals surface area contributed by atoms with Crippen molar-refractivity contribution in [2.45, 2.75) is 30.6 Å². The number of rotatable bonds is 5. The lowest BCUT2D eigenvalue weighted by Gasteiger charge is -2.25. The van der Waals surface area contributed by atoms with Crippen molar-refractivity contribution < 1.29 is 19.8 Å². The Labute approximate surface area is 113 Å². The second-order valence-electron chi connectivity index (χ2n) is 4.11.